The minimum atomic E-state index is -0.226. The Morgan fingerprint density at radius 3 is 2.70 bits per heavy atom. The molecule has 1 atom stereocenters. The van der Waals surface area contributed by atoms with Crippen LogP contribution in [0.2, 0.25) is 5.02 Å². The molecule has 0 fully saturated rings. The van der Waals surface area contributed by atoms with E-state index < -0.39 is 0 Å². The second-order valence-electron chi connectivity index (χ2n) is 4.55. The van der Waals surface area contributed by atoms with Crippen LogP contribution in [-0.4, -0.2) is 4.98 Å². The van der Waals surface area contributed by atoms with E-state index in [-0.39, 0.29) is 11.9 Å². The standard InChI is InChI=1S/C15H12ClFN2S/c1-9(10-2-5-12(17)6-3-10)18-15-19-13-8-11(16)4-7-14(13)20-15/h2-9H,1H3,(H,18,19). The van der Waals surface area contributed by atoms with E-state index in [0.717, 1.165) is 20.9 Å². The normalized spacial score (nSPS) is 12.6. The molecule has 0 radical (unpaired) electrons. The van der Waals surface area contributed by atoms with Crippen LogP contribution in [0.5, 0.6) is 0 Å². The minimum Gasteiger partial charge on any atom is -0.355 e. The zero-order valence-electron chi connectivity index (χ0n) is 10.7. The van der Waals surface area contributed by atoms with Crippen LogP contribution in [0.1, 0.15) is 18.5 Å². The largest absolute Gasteiger partial charge is 0.355 e. The van der Waals surface area contributed by atoms with Crippen LogP contribution < -0.4 is 5.32 Å². The van der Waals surface area contributed by atoms with Crippen molar-refractivity contribution in [1.82, 2.24) is 4.98 Å². The number of nitrogens with zero attached hydrogens (tertiary/aromatic N) is 1. The number of rotatable bonds is 3. The molecular weight excluding hydrogens is 295 g/mol. The average Bonchev–Trinajstić information content (AvgIpc) is 2.80. The minimum absolute atomic E-state index is 0.0617. The lowest BCUT2D eigenvalue weighted by Crippen LogP contribution is -2.06. The molecule has 1 N–H and O–H groups in total. The summed E-state index contributed by atoms with van der Waals surface area (Å²) in [4.78, 5) is 4.51. The summed E-state index contributed by atoms with van der Waals surface area (Å²) in [5.74, 6) is -0.226. The Morgan fingerprint density at radius 2 is 1.95 bits per heavy atom. The first-order valence-electron chi connectivity index (χ1n) is 6.20. The third-order valence-corrected chi connectivity index (χ3v) is 4.26. The molecule has 0 aliphatic heterocycles. The molecule has 20 heavy (non-hydrogen) atoms. The van der Waals surface area contributed by atoms with Crippen molar-refractivity contribution in [2.24, 2.45) is 0 Å². The SMILES string of the molecule is CC(Nc1nc2cc(Cl)ccc2s1)c1ccc(F)cc1. The van der Waals surface area contributed by atoms with Crippen LogP contribution in [-0.2, 0) is 0 Å². The van der Waals surface area contributed by atoms with Crippen molar-refractivity contribution in [3.05, 3.63) is 58.9 Å². The van der Waals surface area contributed by atoms with Gasteiger partial charge < -0.3 is 5.32 Å². The lowest BCUT2D eigenvalue weighted by Gasteiger charge is -2.12. The van der Waals surface area contributed by atoms with E-state index in [0.29, 0.717) is 5.02 Å². The van der Waals surface area contributed by atoms with E-state index in [9.17, 15) is 4.39 Å². The van der Waals surface area contributed by atoms with Crippen molar-refractivity contribution in [3.8, 4) is 0 Å². The van der Waals surface area contributed by atoms with Crippen molar-refractivity contribution in [2.45, 2.75) is 13.0 Å². The van der Waals surface area contributed by atoms with E-state index in [2.05, 4.69) is 10.3 Å². The van der Waals surface area contributed by atoms with Gasteiger partial charge in [0.1, 0.15) is 5.82 Å². The highest BCUT2D eigenvalue weighted by Gasteiger charge is 2.09. The Morgan fingerprint density at radius 1 is 1.20 bits per heavy atom. The van der Waals surface area contributed by atoms with Crippen molar-refractivity contribution >= 4 is 38.3 Å². The van der Waals surface area contributed by atoms with Crippen molar-refractivity contribution in [3.63, 3.8) is 0 Å². The van der Waals surface area contributed by atoms with Gasteiger partial charge in [0.2, 0.25) is 0 Å². The van der Waals surface area contributed by atoms with Gasteiger partial charge in [0.05, 0.1) is 16.3 Å². The van der Waals surface area contributed by atoms with E-state index in [1.807, 2.05) is 25.1 Å². The molecular formula is C15H12ClFN2S. The first-order chi connectivity index (χ1) is 9.61. The highest BCUT2D eigenvalue weighted by Crippen LogP contribution is 2.30. The van der Waals surface area contributed by atoms with Gasteiger partial charge in [-0.2, -0.15) is 0 Å². The second kappa shape index (κ2) is 5.38. The van der Waals surface area contributed by atoms with E-state index >= 15 is 0 Å². The fraction of sp³-hybridized carbons (Fsp3) is 0.133. The summed E-state index contributed by atoms with van der Waals surface area (Å²) in [7, 11) is 0. The molecule has 0 aliphatic rings. The van der Waals surface area contributed by atoms with Crippen LogP contribution >= 0.6 is 22.9 Å². The van der Waals surface area contributed by atoms with E-state index in [1.165, 1.54) is 12.1 Å². The summed E-state index contributed by atoms with van der Waals surface area (Å²) in [5.41, 5.74) is 1.90. The van der Waals surface area contributed by atoms with Gasteiger partial charge in [0.15, 0.2) is 5.13 Å². The molecule has 102 valence electrons. The molecule has 2 nitrogen and oxygen atoms in total. The molecule has 0 aliphatic carbocycles. The number of nitrogens with one attached hydrogen (secondary N) is 1. The summed E-state index contributed by atoms with van der Waals surface area (Å²) in [5, 5.41) is 4.84. The van der Waals surface area contributed by atoms with Crippen LogP contribution in [0.15, 0.2) is 42.5 Å². The third-order valence-electron chi connectivity index (χ3n) is 3.06. The van der Waals surface area contributed by atoms with Gasteiger partial charge >= 0.3 is 0 Å². The second-order valence-corrected chi connectivity index (χ2v) is 6.02. The predicted octanol–water partition coefficient (Wildman–Crippen LogP) is 5.26. The maximum absolute atomic E-state index is 12.9. The summed E-state index contributed by atoms with van der Waals surface area (Å²) in [6.07, 6.45) is 0. The van der Waals surface area contributed by atoms with Crippen molar-refractivity contribution in [1.29, 1.82) is 0 Å². The number of thiazole rings is 1. The Hall–Kier alpha value is -1.65. The molecule has 3 rings (SSSR count). The van der Waals surface area contributed by atoms with Crippen molar-refractivity contribution < 1.29 is 4.39 Å². The van der Waals surface area contributed by atoms with Gasteiger partial charge in [-0.15, -0.1) is 0 Å². The van der Waals surface area contributed by atoms with Gasteiger partial charge in [-0.1, -0.05) is 35.1 Å². The molecule has 0 amide bonds. The summed E-state index contributed by atoms with van der Waals surface area (Å²) < 4.78 is 14.0. The maximum Gasteiger partial charge on any atom is 0.184 e. The molecule has 5 heteroatoms. The van der Waals surface area contributed by atoms with Crippen LogP contribution in [0.25, 0.3) is 10.2 Å². The zero-order valence-corrected chi connectivity index (χ0v) is 12.3. The van der Waals surface area contributed by atoms with Gasteiger partial charge in [-0.3, -0.25) is 0 Å². The van der Waals surface area contributed by atoms with Crippen LogP contribution in [0, 0.1) is 5.82 Å². The number of benzene rings is 2. The smallest absolute Gasteiger partial charge is 0.184 e. The lowest BCUT2D eigenvalue weighted by molar-refractivity contribution is 0.626. The Labute approximate surface area is 125 Å². The Bertz CT molecular complexity index is 739. The number of hydrogen-bond donors (Lipinski definition) is 1. The Kier molecular flexibility index (Phi) is 3.59. The average molecular weight is 307 g/mol. The first kappa shape index (κ1) is 13.3. The molecule has 0 saturated carbocycles. The topological polar surface area (TPSA) is 24.9 Å². The van der Waals surface area contributed by atoms with E-state index in [4.69, 9.17) is 11.6 Å². The highest BCUT2D eigenvalue weighted by atomic mass is 35.5. The maximum atomic E-state index is 12.9. The Balaban J connectivity index is 1.83. The zero-order chi connectivity index (χ0) is 14.1. The molecule has 2 aromatic carbocycles. The van der Waals surface area contributed by atoms with E-state index in [1.54, 1.807) is 23.5 Å². The molecule has 0 spiro atoms. The van der Waals surface area contributed by atoms with Crippen LogP contribution in [0.4, 0.5) is 9.52 Å². The lowest BCUT2D eigenvalue weighted by atomic mass is 10.1. The first-order valence-corrected chi connectivity index (χ1v) is 7.39. The molecule has 3 aromatic rings. The highest BCUT2D eigenvalue weighted by molar-refractivity contribution is 7.22. The number of aromatic nitrogens is 1. The third kappa shape index (κ3) is 2.76. The predicted molar refractivity (Wildman–Crippen MR) is 83.1 cm³/mol. The number of anilines is 1. The molecule has 1 unspecified atom stereocenters. The number of halogens is 2. The number of fused-ring (bicyclic) bond motifs is 1. The van der Waals surface area contributed by atoms with Gasteiger partial charge in [-0.25, -0.2) is 9.37 Å². The quantitative estimate of drug-likeness (QED) is 0.713. The summed E-state index contributed by atoms with van der Waals surface area (Å²) in [6, 6.07) is 12.2. The van der Waals surface area contributed by atoms with Gasteiger partial charge in [0, 0.05) is 5.02 Å². The van der Waals surface area contributed by atoms with Crippen LogP contribution in [0.3, 0.4) is 0 Å². The fourth-order valence-electron chi connectivity index (χ4n) is 1.98. The van der Waals surface area contributed by atoms with Gasteiger partial charge in [-0.05, 0) is 42.8 Å². The monoisotopic (exact) mass is 306 g/mol. The summed E-state index contributed by atoms with van der Waals surface area (Å²) >= 11 is 7.53. The molecule has 0 saturated heterocycles. The number of hydrogen-bond acceptors (Lipinski definition) is 3. The molecule has 1 heterocycles. The fourth-order valence-corrected chi connectivity index (χ4v) is 3.08. The van der Waals surface area contributed by atoms with Crippen molar-refractivity contribution in [2.75, 3.05) is 5.32 Å². The molecule has 1 aromatic heterocycles. The van der Waals surface area contributed by atoms with Gasteiger partial charge in [0.25, 0.3) is 0 Å². The molecule has 0 bridgehead atoms. The summed E-state index contributed by atoms with van der Waals surface area (Å²) in [6.45, 7) is 2.02.